The first-order valence-corrected chi connectivity index (χ1v) is 7.96. The Hall–Kier alpha value is -0.860. The van der Waals surface area contributed by atoms with Crippen molar-refractivity contribution in [1.29, 1.82) is 0 Å². The van der Waals surface area contributed by atoms with E-state index in [1.807, 2.05) is 7.05 Å². The molecule has 1 N–H and O–H groups in total. The summed E-state index contributed by atoms with van der Waals surface area (Å²) < 4.78 is 6.43. The summed E-state index contributed by atoms with van der Waals surface area (Å²) in [5, 5.41) is 3.27. The smallest absolute Gasteiger partial charge is 0.0952 e. The first-order valence-electron chi connectivity index (χ1n) is 7.96. The number of likely N-dealkylation sites (N-methyl/N-ethyl adjacent to an activating group) is 1. The molecule has 0 spiro atoms. The molecule has 2 nitrogen and oxygen atoms in total. The van der Waals surface area contributed by atoms with Crippen molar-refractivity contribution in [2.75, 3.05) is 13.6 Å². The summed E-state index contributed by atoms with van der Waals surface area (Å²) in [5.74, 6) is 1.62. The van der Waals surface area contributed by atoms with Gasteiger partial charge in [-0.05, 0) is 50.6 Å². The highest BCUT2D eigenvalue weighted by Crippen LogP contribution is 2.33. The number of aryl methyl sites for hydroxylation is 1. The molecule has 0 bridgehead atoms. The summed E-state index contributed by atoms with van der Waals surface area (Å²) >= 11 is 0. The predicted molar refractivity (Wildman–Crippen MR) is 84.9 cm³/mol. The summed E-state index contributed by atoms with van der Waals surface area (Å²) in [7, 11) is 2.00. The molecule has 0 heterocycles. The zero-order valence-electron chi connectivity index (χ0n) is 13.4. The van der Waals surface area contributed by atoms with Gasteiger partial charge in [0, 0.05) is 6.54 Å². The van der Waals surface area contributed by atoms with Crippen LogP contribution in [0.15, 0.2) is 24.3 Å². The van der Waals surface area contributed by atoms with Crippen molar-refractivity contribution in [2.45, 2.75) is 52.2 Å². The van der Waals surface area contributed by atoms with Crippen LogP contribution in [0.25, 0.3) is 0 Å². The molecular formula is C18H29NO. The molecule has 20 heavy (non-hydrogen) atoms. The van der Waals surface area contributed by atoms with Crippen LogP contribution in [0.2, 0.25) is 0 Å². The van der Waals surface area contributed by atoms with Crippen LogP contribution in [-0.4, -0.2) is 19.7 Å². The molecular weight excluding hydrogens is 246 g/mol. The summed E-state index contributed by atoms with van der Waals surface area (Å²) in [6, 6.07) is 8.70. The lowest BCUT2D eigenvalue weighted by Crippen LogP contribution is -2.30. The Kier molecular flexibility index (Phi) is 5.62. The molecule has 0 aromatic heterocycles. The second kappa shape index (κ2) is 7.24. The second-order valence-corrected chi connectivity index (χ2v) is 6.49. The number of hydrogen-bond acceptors (Lipinski definition) is 2. The van der Waals surface area contributed by atoms with Gasteiger partial charge in [0.25, 0.3) is 0 Å². The Balaban J connectivity index is 2.02. The molecule has 0 amide bonds. The maximum Gasteiger partial charge on any atom is 0.0952 e. The fraction of sp³-hybridized carbons (Fsp3) is 0.667. The van der Waals surface area contributed by atoms with Crippen LogP contribution < -0.4 is 5.32 Å². The van der Waals surface area contributed by atoms with E-state index in [4.69, 9.17) is 4.74 Å². The Morgan fingerprint density at radius 1 is 1.25 bits per heavy atom. The van der Waals surface area contributed by atoms with Crippen LogP contribution in [0, 0.1) is 18.8 Å². The second-order valence-electron chi connectivity index (χ2n) is 6.49. The van der Waals surface area contributed by atoms with Crippen LogP contribution >= 0.6 is 0 Å². The molecule has 1 aliphatic rings. The largest absolute Gasteiger partial charge is 0.369 e. The molecule has 4 unspecified atom stereocenters. The van der Waals surface area contributed by atoms with Gasteiger partial charge in [-0.15, -0.1) is 0 Å². The first kappa shape index (κ1) is 15.5. The number of rotatable bonds is 5. The minimum Gasteiger partial charge on any atom is -0.369 e. The topological polar surface area (TPSA) is 21.3 Å². The molecule has 0 saturated heterocycles. The fourth-order valence-electron chi connectivity index (χ4n) is 3.15. The van der Waals surface area contributed by atoms with E-state index in [-0.39, 0.29) is 6.10 Å². The Morgan fingerprint density at radius 2 is 2.05 bits per heavy atom. The van der Waals surface area contributed by atoms with Crippen molar-refractivity contribution < 1.29 is 4.74 Å². The van der Waals surface area contributed by atoms with Gasteiger partial charge in [0.05, 0.1) is 12.2 Å². The summed E-state index contributed by atoms with van der Waals surface area (Å²) in [6.07, 6.45) is 4.29. The number of hydrogen-bond donors (Lipinski definition) is 1. The van der Waals surface area contributed by atoms with Crippen molar-refractivity contribution in [3.05, 3.63) is 35.4 Å². The average Bonchev–Trinajstić information content (AvgIpc) is 2.42. The van der Waals surface area contributed by atoms with Gasteiger partial charge in [-0.1, -0.05) is 43.7 Å². The van der Waals surface area contributed by atoms with Gasteiger partial charge in [-0.3, -0.25) is 0 Å². The van der Waals surface area contributed by atoms with Gasteiger partial charge >= 0.3 is 0 Å². The Morgan fingerprint density at radius 3 is 2.70 bits per heavy atom. The molecule has 2 heteroatoms. The predicted octanol–water partition coefficient (Wildman–Crippen LogP) is 4.10. The van der Waals surface area contributed by atoms with E-state index < -0.39 is 0 Å². The quantitative estimate of drug-likeness (QED) is 0.873. The molecule has 1 saturated carbocycles. The van der Waals surface area contributed by atoms with Crippen molar-refractivity contribution in [2.24, 2.45) is 11.8 Å². The van der Waals surface area contributed by atoms with Crippen molar-refractivity contribution in [3.8, 4) is 0 Å². The van der Waals surface area contributed by atoms with Crippen LogP contribution in [0.3, 0.4) is 0 Å². The highest BCUT2D eigenvalue weighted by Gasteiger charge is 2.27. The molecule has 1 aliphatic carbocycles. The van der Waals surface area contributed by atoms with E-state index >= 15 is 0 Å². The van der Waals surface area contributed by atoms with E-state index in [1.54, 1.807) is 0 Å². The van der Waals surface area contributed by atoms with Crippen LogP contribution in [0.1, 0.15) is 50.3 Å². The normalized spacial score (nSPS) is 28.3. The standard InChI is InChI=1S/C18H29NO/c1-13-6-5-7-16(10-13)18(12-19-4)20-17-9-8-14(2)15(3)11-17/h5-7,10,14-15,17-19H,8-9,11-12H2,1-4H3. The molecule has 1 aromatic carbocycles. The molecule has 1 aromatic rings. The third-order valence-corrected chi connectivity index (χ3v) is 4.71. The number of benzene rings is 1. The number of nitrogens with one attached hydrogen (secondary N) is 1. The molecule has 0 aliphatic heterocycles. The van der Waals surface area contributed by atoms with Gasteiger partial charge < -0.3 is 10.1 Å². The zero-order valence-corrected chi connectivity index (χ0v) is 13.4. The van der Waals surface area contributed by atoms with Crippen molar-refractivity contribution >= 4 is 0 Å². The third kappa shape index (κ3) is 4.07. The average molecular weight is 275 g/mol. The van der Waals surface area contributed by atoms with E-state index in [9.17, 15) is 0 Å². The third-order valence-electron chi connectivity index (χ3n) is 4.71. The molecule has 2 rings (SSSR count). The van der Waals surface area contributed by atoms with Gasteiger partial charge in [-0.2, -0.15) is 0 Å². The maximum absolute atomic E-state index is 6.43. The van der Waals surface area contributed by atoms with Gasteiger partial charge in [-0.25, -0.2) is 0 Å². The Bertz CT molecular complexity index is 418. The zero-order chi connectivity index (χ0) is 14.5. The van der Waals surface area contributed by atoms with Crippen LogP contribution in [0.4, 0.5) is 0 Å². The van der Waals surface area contributed by atoms with Gasteiger partial charge in [0.15, 0.2) is 0 Å². The van der Waals surface area contributed by atoms with Crippen LogP contribution in [-0.2, 0) is 4.74 Å². The first-order chi connectivity index (χ1) is 9.60. The highest BCUT2D eigenvalue weighted by atomic mass is 16.5. The summed E-state index contributed by atoms with van der Waals surface area (Å²) in [5.41, 5.74) is 2.60. The lowest BCUT2D eigenvalue weighted by molar-refractivity contribution is -0.0474. The number of ether oxygens (including phenoxy) is 1. The minimum absolute atomic E-state index is 0.172. The van der Waals surface area contributed by atoms with Crippen LogP contribution in [0.5, 0.6) is 0 Å². The highest BCUT2D eigenvalue weighted by molar-refractivity contribution is 5.24. The van der Waals surface area contributed by atoms with E-state index in [0.29, 0.717) is 6.10 Å². The Labute approximate surface area is 123 Å². The minimum atomic E-state index is 0.172. The molecule has 1 fully saturated rings. The lowest BCUT2D eigenvalue weighted by atomic mass is 9.80. The van der Waals surface area contributed by atoms with E-state index in [2.05, 4.69) is 50.4 Å². The van der Waals surface area contributed by atoms with Crippen molar-refractivity contribution in [3.63, 3.8) is 0 Å². The lowest BCUT2D eigenvalue weighted by Gasteiger charge is -2.34. The fourth-order valence-corrected chi connectivity index (χ4v) is 3.15. The molecule has 0 radical (unpaired) electrons. The maximum atomic E-state index is 6.43. The summed E-state index contributed by atoms with van der Waals surface area (Å²) in [4.78, 5) is 0. The summed E-state index contributed by atoms with van der Waals surface area (Å²) in [6.45, 7) is 7.75. The van der Waals surface area contributed by atoms with E-state index in [1.165, 1.54) is 30.4 Å². The van der Waals surface area contributed by atoms with Crippen molar-refractivity contribution in [1.82, 2.24) is 5.32 Å². The van der Waals surface area contributed by atoms with Gasteiger partial charge in [0.2, 0.25) is 0 Å². The molecule has 4 atom stereocenters. The SMILES string of the molecule is CNCC(OC1CCC(C)C(C)C1)c1cccc(C)c1. The van der Waals surface area contributed by atoms with E-state index in [0.717, 1.165) is 18.4 Å². The molecule has 112 valence electrons. The monoisotopic (exact) mass is 275 g/mol. The van der Waals surface area contributed by atoms with Gasteiger partial charge in [0.1, 0.15) is 0 Å².